The molecule has 0 fully saturated rings. The zero-order chi connectivity index (χ0) is 101. The first kappa shape index (κ1) is 107. The lowest BCUT2D eigenvalue weighted by molar-refractivity contribution is -0.111. The molecule has 0 saturated carbocycles. The fourth-order valence-corrected chi connectivity index (χ4v) is 19.2. The Morgan fingerprint density at radius 2 is 0.779 bits per heavy atom. The van der Waals surface area contributed by atoms with Gasteiger partial charge < -0.3 is 89.3 Å². The number of hydrogen-bond acceptors (Lipinski definition) is 14. The fourth-order valence-electron chi connectivity index (χ4n) is 19.2. The Hall–Kier alpha value is -18.0. The van der Waals surface area contributed by atoms with E-state index in [4.69, 9.17) is 19.9 Å². The van der Waals surface area contributed by atoms with Crippen molar-refractivity contribution in [2.75, 3.05) is 71.8 Å². The Labute approximate surface area is 868 Å². The Morgan fingerprint density at radius 3 is 1.25 bits per heavy atom. The van der Waals surface area contributed by atoms with Crippen molar-refractivity contribution in [1.82, 2.24) is 77.7 Å². The van der Waals surface area contributed by atoms with Crippen LogP contribution in [-0.4, -0.2) is 171 Å². The van der Waals surface area contributed by atoms with Crippen LogP contribution in [0.15, 0.2) is 310 Å². The number of nitrogens with zero attached hydrogens (tertiary/aromatic N) is 13. The van der Waals surface area contributed by atoms with Crippen LogP contribution in [0.25, 0.3) is 22.2 Å². The minimum absolute atomic E-state index is 0. The third-order valence-electron chi connectivity index (χ3n) is 26.0. The minimum Gasteiger partial charge on any atom is -0.378 e. The van der Waals surface area contributed by atoms with Crippen LogP contribution in [-0.2, 0) is 68.9 Å². The lowest BCUT2D eigenvalue weighted by Crippen LogP contribution is -2.50. The van der Waals surface area contributed by atoms with Gasteiger partial charge in [-0.3, -0.25) is 43.2 Å². The minimum atomic E-state index is -0.450. The van der Waals surface area contributed by atoms with E-state index in [1.54, 1.807) is 80.8 Å². The molecule has 31 nitrogen and oxygen atoms in total. The summed E-state index contributed by atoms with van der Waals surface area (Å²) in [4.78, 5) is 159. The number of hydrogen-bond donors (Lipinski definition) is 9. The van der Waals surface area contributed by atoms with Gasteiger partial charge in [0.1, 0.15) is 46.1 Å². The van der Waals surface area contributed by atoms with Crippen LogP contribution in [0.4, 0.5) is 34.1 Å². The number of anilines is 6. The van der Waals surface area contributed by atoms with Gasteiger partial charge in [-0.25, -0.2) is 19.9 Å². The van der Waals surface area contributed by atoms with Gasteiger partial charge in [0.2, 0.25) is 5.91 Å². The van der Waals surface area contributed by atoms with Crippen molar-refractivity contribution < 1.29 is 43.2 Å². The molecule has 0 radical (unpaired) electrons. The first-order chi connectivity index (χ1) is 70.2. The maximum Gasteiger partial charge on any atom is 0.276 e. The summed E-state index contributed by atoms with van der Waals surface area (Å²) in [7, 11) is 3.91. The van der Waals surface area contributed by atoms with Crippen LogP contribution in [0.1, 0.15) is 214 Å². The average Bonchev–Trinajstić information content (AvgIpc) is 1.58. The quantitative estimate of drug-likeness (QED) is 0.0285. The molecule has 31 heteroatoms. The van der Waals surface area contributed by atoms with Crippen molar-refractivity contribution in [1.29, 1.82) is 0 Å². The van der Waals surface area contributed by atoms with Crippen molar-refractivity contribution >= 4 is 98.1 Å². The summed E-state index contributed by atoms with van der Waals surface area (Å²) in [5.74, 6) is 1.22. The van der Waals surface area contributed by atoms with Gasteiger partial charge in [0, 0.05) is 149 Å². The van der Waals surface area contributed by atoms with Gasteiger partial charge in [0.25, 0.3) is 47.3 Å². The summed E-state index contributed by atoms with van der Waals surface area (Å²) in [6, 6.07) is 86.6. The highest BCUT2D eigenvalue weighted by atomic mass is 16.2. The van der Waals surface area contributed by atoms with Crippen LogP contribution in [0.5, 0.6) is 0 Å². The second kappa shape index (κ2) is 47.2. The molecule has 1 atom stereocenters. The van der Waals surface area contributed by atoms with E-state index in [-0.39, 0.29) is 101 Å². The molecule has 8 aromatic heterocycles. The number of rotatable bonds is 22. The van der Waals surface area contributed by atoms with Gasteiger partial charge in [0.05, 0.1) is 54.5 Å². The van der Waals surface area contributed by atoms with E-state index >= 15 is 0 Å². The van der Waals surface area contributed by atoms with E-state index in [1.807, 2.05) is 245 Å². The highest BCUT2D eigenvalue weighted by molar-refractivity contribution is 6.11. The molecule has 0 saturated heterocycles. The van der Waals surface area contributed by atoms with E-state index in [0.29, 0.717) is 141 Å². The van der Waals surface area contributed by atoms with E-state index in [1.165, 1.54) is 6.08 Å². The summed E-state index contributed by atoms with van der Waals surface area (Å²) in [6.45, 7) is 20.0. The number of H-pyrrole nitrogens is 4. The summed E-state index contributed by atoms with van der Waals surface area (Å²) < 4.78 is 8.41. The molecule has 1 unspecified atom stereocenters. The molecule has 764 valence electrons. The highest BCUT2D eigenvalue weighted by Crippen LogP contribution is 2.39. The number of carbonyl (C=O) groups excluding carboxylic acids is 9. The zero-order valence-corrected chi connectivity index (χ0v) is 81.8. The average molecular weight is 2000 g/mol. The van der Waals surface area contributed by atoms with Gasteiger partial charge in [-0.2, -0.15) is 0 Å². The van der Waals surface area contributed by atoms with Crippen molar-refractivity contribution in [2.45, 2.75) is 141 Å². The molecular formula is C118H128N22O9. The van der Waals surface area contributed by atoms with Gasteiger partial charge in [0.15, 0.2) is 22.8 Å². The Bertz CT molecular complexity index is 7630. The predicted molar refractivity (Wildman–Crippen MR) is 588 cm³/mol. The van der Waals surface area contributed by atoms with Gasteiger partial charge in [-0.05, 0) is 202 Å². The summed E-state index contributed by atoms with van der Waals surface area (Å²) in [6.07, 6.45) is 9.99. The maximum atomic E-state index is 13.8. The zero-order valence-electron chi connectivity index (χ0n) is 81.8. The van der Waals surface area contributed by atoms with Crippen molar-refractivity contribution in [2.24, 2.45) is 0 Å². The number of nitrogens with one attached hydrogen (secondary N) is 9. The number of amides is 9. The largest absolute Gasteiger partial charge is 0.378 e. The molecular weight excluding hydrogens is 1870 g/mol. The number of imidazole rings is 4. The molecule has 12 heterocycles. The fraction of sp³-hybridized carbons (Fsp3) is 0.229. The molecule has 21 rings (SSSR count). The van der Waals surface area contributed by atoms with Crippen LogP contribution in [0, 0.1) is 20.8 Å². The Balaban J connectivity index is 0.000000156. The third kappa shape index (κ3) is 24.1. The van der Waals surface area contributed by atoms with Gasteiger partial charge >= 0.3 is 0 Å². The first-order valence-electron chi connectivity index (χ1n) is 48.1. The predicted octanol–water partition coefficient (Wildman–Crippen LogP) is 21.0. The molecule has 9 aromatic carbocycles. The molecule has 0 spiro atoms. The monoisotopic (exact) mass is 2000 g/mol. The van der Waals surface area contributed by atoms with Crippen molar-refractivity contribution in [3.63, 3.8) is 0 Å². The molecule has 0 bridgehead atoms. The molecule has 4 aliphatic heterocycles. The summed E-state index contributed by atoms with van der Waals surface area (Å²) in [5, 5.41) is 16.5. The second-order valence-electron chi connectivity index (χ2n) is 37.3. The van der Waals surface area contributed by atoms with Crippen LogP contribution < -0.4 is 31.5 Å². The number of aromatic nitrogens is 12. The molecule has 149 heavy (non-hydrogen) atoms. The number of aromatic amines is 4. The number of fused-ring (bicyclic) bond motifs is 5. The normalized spacial score (nSPS) is 13.3. The van der Waals surface area contributed by atoms with Crippen molar-refractivity contribution in [3.05, 3.63) is 430 Å². The molecule has 0 aliphatic carbocycles. The second-order valence-corrected chi connectivity index (χ2v) is 37.3. The smallest absolute Gasteiger partial charge is 0.276 e. The van der Waals surface area contributed by atoms with Crippen LogP contribution >= 0.6 is 0 Å². The maximum absolute atomic E-state index is 13.8. The number of benzene rings is 9. The van der Waals surface area contributed by atoms with Crippen LogP contribution in [0.2, 0.25) is 0 Å². The van der Waals surface area contributed by atoms with E-state index in [9.17, 15) is 43.2 Å². The number of aryl methyl sites for hydroxylation is 3. The van der Waals surface area contributed by atoms with Crippen LogP contribution in [0.3, 0.4) is 0 Å². The lowest BCUT2D eigenvalue weighted by Gasteiger charge is -2.41. The standard InChI is InChI=1S/C33H31N7O3.C28H29N5O2.C27H27N5O2.C26H25N5O2.4CH4/c1-4-29(41)36-26-11-6-8-23-24(26)9-5-10-25(23)31-37-30(32(42)35-21-13-15-22(16-14-21)38(2)3)28-20-39(18-19-40(28)31)33(43)27-12-7-17-34-27;1-19-9-7-12-21(15-19)30-26(34)25-23-17-32(27(35)22-13-8-14-29-22)18-28(2,3)33(23)24(31-25)16-20-10-5-4-6-11-20;1-18-8-6-11-21(14-18)29-26(33)25-23-17-31(27(34)22-12-7-13-28-22)16-19(2)32(23)24(30-25)15-20-9-4-3-5-10-20;1-18-7-5-10-20(15-18)28-25(32)24-22-17-30(26(33)21-11-6-12-27-21)13-14-31(22)23(29-24)16-19-8-3-2-4-9-19;;;;/h4-17,34H,1,18-20H2,2-3H3,(H,35,42)(H,36,41);4-15,29H,16-18H2,1-3H3,(H,30,34);3-14,19,28H,15-17H2,1-2H3,(H,29,33);2-12,15,27H,13-14,16-17H2,1H3,(H,28,32);4*1H4. The SMILES string of the molecule is C.C.C.C.C=CC(=O)Nc1cccc2c(-c3nc(C(=O)Nc4ccc(N(C)C)cc4)c4n3CCN(C(=O)c3ccc[nH]3)C4)cccc12.Cc1cccc(NC(=O)c2nc(Cc3ccccc3)n3c2CN(C(=O)c2ccc[nH]2)CC3(C)C)c1.Cc1cccc(NC(=O)c2nc(Cc3ccccc3)n3c2CN(C(=O)c2ccc[nH]2)CC3)c1.Cc1cccc(NC(=O)c2nc(Cc3ccccc3)n3c2CN(C(=O)c2ccc[nH]2)CC3C)c1. The Morgan fingerprint density at radius 1 is 0.389 bits per heavy atom. The van der Waals surface area contributed by atoms with E-state index in [0.717, 1.165) is 107 Å². The molecule has 17 aromatic rings. The van der Waals surface area contributed by atoms with Gasteiger partial charge in [-0.15, -0.1) is 0 Å². The van der Waals surface area contributed by atoms with Crippen molar-refractivity contribution in [3.8, 4) is 11.4 Å². The summed E-state index contributed by atoms with van der Waals surface area (Å²) in [5.41, 5.74) is 17.7. The van der Waals surface area contributed by atoms with E-state index < -0.39 is 5.54 Å². The number of carbonyl (C=O) groups is 9. The first-order valence-corrected chi connectivity index (χ1v) is 48.1. The topological polar surface area (TPSA) is 364 Å². The molecule has 9 N–H and O–H groups in total. The lowest BCUT2D eigenvalue weighted by atomic mass is 9.98. The third-order valence-corrected chi connectivity index (χ3v) is 26.0. The van der Waals surface area contributed by atoms with Gasteiger partial charge in [-0.1, -0.05) is 194 Å². The van der Waals surface area contributed by atoms with E-state index in [2.05, 4.69) is 124 Å². The Kier molecular flexibility index (Phi) is 33.8. The highest BCUT2D eigenvalue weighted by Gasteiger charge is 2.42. The summed E-state index contributed by atoms with van der Waals surface area (Å²) >= 11 is 0. The molecule has 4 aliphatic rings. The molecule has 9 amide bonds.